The summed E-state index contributed by atoms with van der Waals surface area (Å²) < 4.78 is 0. The number of hydrogen-bond donors (Lipinski definition) is 0. The summed E-state index contributed by atoms with van der Waals surface area (Å²) in [6.45, 7) is 0. The van der Waals surface area contributed by atoms with Crippen LogP contribution in [0.25, 0.3) is 0 Å². The minimum absolute atomic E-state index is 0.0633. The number of nitriles is 1. The highest BCUT2D eigenvalue weighted by Crippen LogP contribution is 2.19. The first kappa shape index (κ1) is 13.8. The van der Waals surface area contributed by atoms with Crippen LogP contribution in [0.15, 0.2) is 60.7 Å². The SMILES string of the molecule is CN(C(=O)Cc1ccccc1)C(C#N)c1ccccc1. The molecule has 0 radical (unpaired) electrons. The maximum absolute atomic E-state index is 12.3. The molecule has 0 saturated carbocycles. The molecule has 2 rings (SSSR count). The van der Waals surface area contributed by atoms with E-state index in [4.69, 9.17) is 0 Å². The maximum atomic E-state index is 12.3. The first-order valence-electron chi connectivity index (χ1n) is 6.46. The number of rotatable bonds is 4. The lowest BCUT2D eigenvalue weighted by atomic mass is 10.1. The van der Waals surface area contributed by atoms with Crippen LogP contribution in [0, 0.1) is 11.3 Å². The fourth-order valence-corrected chi connectivity index (χ4v) is 2.06. The van der Waals surface area contributed by atoms with Gasteiger partial charge < -0.3 is 4.90 Å². The maximum Gasteiger partial charge on any atom is 0.228 e. The number of carbonyl (C=O) groups is 1. The Hall–Kier alpha value is -2.60. The van der Waals surface area contributed by atoms with Gasteiger partial charge in [0.15, 0.2) is 0 Å². The van der Waals surface area contributed by atoms with Crippen molar-refractivity contribution < 1.29 is 4.79 Å². The van der Waals surface area contributed by atoms with Gasteiger partial charge in [-0.3, -0.25) is 4.79 Å². The Morgan fingerprint density at radius 3 is 2.20 bits per heavy atom. The van der Waals surface area contributed by atoms with Crippen LogP contribution in [0.5, 0.6) is 0 Å². The Bertz CT molecular complexity index is 602. The normalized spacial score (nSPS) is 11.4. The summed E-state index contributed by atoms with van der Waals surface area (Å²) in [6.07, 6.45) is 0.308. The second-order valence-electron chi connectivity index (χ2n) is 4.61. The average Bonchev–Trinajstić information content (AvgIpc) is 2.50. The van der Waals surface area contributed by atoms with Crippen LogP contribution >= 0.6 is 0 Å². The molecule has 0 saturated heterocycles. The van der Waals surface area contributed by atoms with Crippen molar-refractivity contribution in [3.63, 3.8) is 0 Å². The van der Waals surface area contributed by atoms with E-state index >= 15 is 0 Å². The highest BCUT2D eigenvalue weighted by atomic mass is 16.2. The highest BCUT2D eigenvalue weighted by Gasteiger charge is 2.21. The van der Waals surface area contributed by atoms with E-state index in [0.717, 1.165) is 11.1 Å². The van der Waals surface area contributed by atoms with Crippen molar-refractivity contribution in [3.8, 4) is 6.07 Å². The summed E-state index contributed by atoms with van der Waals surface area (Å²) in [5, 5.41) is 9.32. The van der Waals surface area contributed by atoms with Gasteiger partial charge in [0.2, 0.25) is 5.91 Å². The van der Waals surface area contributed by atoms with Gasteiger partial charge in [-0.2, -0.15) is 5.26 Å². The van der Waals surface area contributed by atoms with E-state index < -0.39 is 6.04 Å². The summed E-state index contributed by atoms with van der Waals surface area (Å²) in [4.78, 5) is 13.8. The van der Waals surface area contributed by atoms with Crippen LogP contribution in [0.1, 0.15) is 17.2 Å². The van der Waals surface area contributed by atoms with Crippen LogP contribution in [0.3, 0.4) is 0 Å². The molecule has 0 aliphatic heterocycles. The Kier molecular flexibility index (Phi) is 4.52. The lowest BCUT2D eigenvalue weighted by Gasteiger charge is -2.23. The largest absolute Gasteiger partial charge is 0.325 e. The van der Waals surface area contributed by atoms with Crippen molar-refractivity contribution >= 4 is 5.91 Å². The average molecular weight is 264 g/mol. The van der Waals surface area contributed by atoms with Gasteiger partial charge in [0.1, 0.15) is 6.04 Å². The van der Waals surface area contributed by atoms with Crippen molar-refractivity contribution in [2.45, 2.75) is 12.5 Å². The van der Waals surface area contributed by atoms with Gasteiger partial charge in [-0.1, -0.05) is 60.7 Å². The predicted octanol–water partition coefficient (Wildman–Crippen LogP) is 2.95. The lowest BCUT2D eigenvalue weighted by molar-refractivity contribution is -0.130. The highest BCUT2D eigenvalue weighted by molar-refractivity contribution is 5.79. The summed E-state index contributed by atoms with van der Waals surface area (Å²) in [5.41, 5.74) is 1.79. The number of carbonyl (C=O) groups excluding carboxylic acids is 1. The molecule has 0 bridgehead atoms. The second kappa shape index (κ2) is 6.53. The van der Waals surface area contributed by atoms with Crippen LogP contribution in [-0.2, 0) is 11.2 Å². The molecule has 0 spiro atoms. The first-order valence-corrected chi connectivity index (χ1v) is 6.46. The Balaban J connectivity index is 2.11. The third-order valence-corrected chi connectivity index (χ3v) is 3.22. The number of hydrogen-bond acceptors (Lipinski definition) is 2. The van der Waals surface area contributed by atoms with Crippen molar-refractivity contribution in [2.75, 3.05) is 7.05 Å². The molecule has 20 heavy (non-hydrogen) atoms. The third kappa shape index (κ3) is 3.24. The fraction of sp³-hybridized carbons (Fsp3) is 0.176. The molecule has 2 aromatic rings. The smallest absolute Gasteiger partial charge is 0.228 e. The van der Waals surface area contributed by atoms with E-state index in [2.05, 4.69) is 6.07 Å². The number of likely N-dealkylation sites (N-methyl/N-ethyl adjacent to an activating group) is 1. The van der Waals surface area contributed by atoms with Gasteiger partial charge in [0.05, 0.1) is 12.5 Å². The minimum atomic E-state index is -0.549. The zero-order chi connectivity index (χ0) is 14.4. The topological polar surface area (TPSA) is 44.1 Å². The third-order valence-electron chi connectivity index (χ3n) is 3.22. The molecule has 1 amide bonds. The molecule has 100 valence electrons. The van der Waals surface area contributed by atoms with E-state index in [-0.39, 0.29) is 5.91 Å². The number of amides is 1. The molecule has 1 atom stereocenters. The first-order chi connectivity index (χ1) is 9.72. The lowest BCUT2D eigenvalue weighted by Crippen LogP contribution is -2.31. The summed E-state index contributed by atoms with van der Waals surface area (Å²) >= 11 is 0. The van der Waals surface area contributed by atoms with E-state index in [1.807, 2.05) is 60.7 Å². The van der Waals surface area contributed by atoms with Crippen LogP contribution in [0.4, 0.5) is 0 Å². The van der Waals surface area contributed by atoms with E-state index in [0.29, 0.717) is 6.42 Å². The molecular weight excluding hydrogens is 248 g/mol. The van der Waals surface area contributed by atoms with Crippen LogP contribution in [-0.4, -0.2) is 17.9 Å². The van der Waals surface area contributed by atoms with Crippen LogP contribution in [0.2, 0.25) is 0 Å². The van der Waals surface area contributed by atoms with Crippen LogP contribution < -0.4 is 0 Å². The molecule has 0 heterocycles. The number of benzene rings is 2. The summed E-state index contributed by atoms with van der Waals surface area (Å²) in [5.74, 6) is -0.0633. The van der Waals surface area contributed by atoms with E-state index in [9.17, 15) is 10.1 Å². The molecule has 2 aromatic carbocycles. The molecule has 0 N–H and O–H groups in total. The zero-order valence-corrected chi connectivity index (χ0v) is 11.4. The Morgan fingerprint density at radius 2 is 1.65 bits per heavy atom. The molecule has 0 aliphatic rings. The Morgan fingerprint density at radius 1 is 1.10 bits per heavy atom. The molecule has 0 aromatic heterocycles. The van der Waals surface area contributed by atoms with E-state index in [1.54, 1.807) is 7.05 Å². The van der Waals surface area contributed by atoms with Gasteiger partial charge in [-0.15, -0.1) is 0 Å². The van der Waals surface area contributed by atoms with E-state index in [1.165, 1.54) is 4.90 Å². The molecule has 0 fully saturated rings. The van der Waals surface area contributed by atoms with Crippen molar-refractivity contribution in [3.05, 3.63) is 71.8 Å². The zero-order valence-electron chi connectivity index (χ0n) is 11.4. The predicted molar refractivity (Wildman–Crippen MR) is 77.7 cm³/mol. The van der Waals surface area contributed by atoms with Gasteiger partial charge >= 0.3 is 0 Å². The molecular formula is C17H16N2O. The number of nitrogens with zero attached hydrogens (tertiary/aromatic N) is 2. The monoisotopic (exact) mass is 264 g/mol. The van der Waals surface area contributed by atoms with Crippen molar-refractivity contribution in [2.24, 2.45) is 0 Å². The fourth-order valence-electron chi connectivity index (χ4n) is 2.06. The molecule has 3 nitrogen and oxygen atoms in total. The quantitative estimate of drug-likeness (QED) is 0.852. The van der Waals surface area contributed by atoms with Gasteiger partial charge in [0.25, 0.3) is 0 Å². The molecule has 0 aliphatic carbocycles. The molecule has 1 unspecified atom stereocenters. The minimum Gasteiger partial charge on any atom is -0.325 e. The van der Waals surface area contributed by atoms with Crippen molar-refractivity contribution in [1.82, 2.24) is 4.90 Å². The summed E-state index contributed by atoms with van der Waals surface area (Å²) in [6, 6.07) is 20.5. The second-order valence-corrected chi connectivity index (χ2v) is 4.61. The summed E-state index contributed by atoms with van der Waals surface area (Å²) in [7, 11) is 1.67. The van der Waals surface area contributed by atoms with Gasteiger partial charge in [-0.25, -0.2) is 0 Å². The molecule has 3 heteroatoms. The standard InChI is InChI=1S/C17H16N2O/c1-19(16(13-18)15-10-6-3-7-11-15)17(20)12-14-8-4-2-5-9-14/h2-11,16H,12H2,1H3. The Labute approximate surface area is 119 Å². The van der Waals surface area contributed by atoms with Gasteiger partial charge in [-0.05, 0) is 11.1 Å². The van der Waals surface area contributed by atoms with Crippen molar-refractivity contribution in [1.29, 1.82) is 5.26 Å². The van der Waals surface area contributed by atoms with Gasteiger partial charge in [0, 0.05) is 7.05 Å².